The van der Waals surface area contributed by atoms with Gasteiger partial charge in [0.15, 0.2) is 0 Å². The maximum absolute atomic E-state index is 12.2. The Labute approximate surface area is 159 Å². The van der Waals surface area contributed by atoms with Crippen LogP contribution in [0.15, 0.2) is 46.3 Å². The van der Waals surface area contributed by atoms with E-state index in [9.17, 15) is 9.59 Å². The van der Waals surface area contributed by atoms with Gasteiger partial charge in [-0.3, -0.25) is 9.59 Å². The van der Waals surface area contributed by atoms with E-state index >= 15 is 0 Å². The van der Waals surface area contributed by atoms with E-state index in [0.29, 0.717) is 11.4 Å². The van der Waals surface area contributed by atoms with Crippen LogP contribution < -0.4 is 11.1 Å². The number of hydrogen-bond donors (Lipinski definition) is 2. The SMILES string of the molecule is CN(CC(=O)NCC(N)c1ccccc1)C(=O)c1ccc(Br)s1.Cl. The number of carbonyl (C=O) groups is 2. The van der Waals surface area contributed by atoms with Crippen molar-refractivity contribution in [2.75, 3.05) is 20.1 Å². The van der Waals surface area contributed by atoms with Crippen molar-refractivity contribution in [2.45, 2.75) is 6.04 Å². The lowest BCUT2D eigenvalue weighted by Gasteiger charge is -2.17. The highest BCUT2D eigenvalue weighted by molar-refractivity contribution is 9.11. The molecule has 1 heterocycles. The van der Waals surface area contributed by atoms with Crippen LogP contribution in [0.4, 0.5) is 0 Å². The Morgan fingerprint density at radius 3 is 2.50 bits per heavy atom. The lowest BCUT2D eigenvalue weighted by molar-refractivity contribution is -0.121. The van der Waals surface area contributed by atoms with Gasteiger partial charge in [-0.05, 0) is 33.6 Å². The zero-order chi connectivity index (χ0) is 16.8. The first kappa shape index (κ1) is 20.6. The maximum Gasteiger partial charge on any atom is 0.264 e. The fourth-order valence-electron chi connectivity index (χ4n) is 2.00. The molecule has 1 atom stereocenters. The molecule has 0 radical (unpaired) electrons. The van der Waals surface area contributed by atoms with Crippen molar-refractivity contribution >= 4 is 51.5 Å². The second-order valence-corrected chi connectivity index (χ2v) is 7.55. The summed E-state index contributed by atoms with van der Waals surface area (Å²) >= 11 is 4.66. The van der Waals surface area contributed by atoms with E-state index in [-0.39, 0.29) is 36.8 Å². The van der Waals surface area contributed by atoms with Crippen LogP contribution in [0.3, 0.4) is 0 Å². The molecule has 8 heteroatoms. The molecule has 130 valence electrons. The maximum atomic E-state index is 12.2. The van der Waals surface area contributed by atoms with E-state index in [0.717, 1.165) is 9.35 Å². The summed E-state index contributed by atoms with van der Waals surface area (Å²) in [4.78, 5) is 26.1. The molecule has 3 N–H and O–H groups in total. The summed E-state index contributed by atoms with van der Waals surface area (Å²) in [5, 5.41) is 2.76. The molecule has 0 saturated carbocycles. The minimum Gasteiger partial charge on any atom is -0.353 e. The van der Waals surface area contributed by atoms with Crippen molar-refractivity contribution in [3.05, 3.63) is 56.7 Å². The summed E-state index contributed by atoms with van der Waals surface area (Å²) in [5.41, 5.74) is 6.99. The summed E-state index contributed by atoms with van der Waals surface area (Å²) in [6, 6.07) is 12.8. The number of carbonyl (C=O) groups excluding carboxylic acids is 2. The van der Waals surface area contributed by atoms with E-state index < -0.39 is 0 Å². The lowest BCUT2D eigenvalue weighted by atomic mass is 10.1. The molecular weight excluding hydrogens is 414 g/mol. The standard InChI is InChI=1S/C16H18BrN3O2S.ClH/c1-20(16(22)13-7-8-14(17)23-13)10-15(21)19-9-12(18)11-5-3-2-4-6-11;/h2-8,12H,9-10,18H2,1H3,(H,19,21);1H. The first-order chi connectivity index (χ1) is 11.0. The Morgan fingerprint density at radius 1 is 1.25 bits per heavy atom. The molecule has 0 spiro atoms. The van der Waals surface area contributed by atoms with E-state index in [1.165, 1.54) is 16.2 Å². The van der Waals surface area contributed by atoms with Gasteiger partial charge in [-0.1, -0.05) is 30.3 Å². The first-order valence-electron chi connectivity index (χ1n) is 7.05. The Kier molecular flexibility index (Phi) is 8.41. The van der Waals surface area contributed by atoms with Gasteiger partial charge in [-0.25, -0.2) is 0 Å². The summed E-state index contributed by atoms with van der Waals surface area (Å²) in [6.07, 6.45) is 0. The highest BCUT2D eigenvalue weighted by atomic mass is 79.9. The van der Waals surface area contributed by atoms with E-state index in [2.05, 4.69) is 21.2 Å². The minimum atomic E-state index is -0.269. The van der Waals surface area contributed by atoms with Crippen LogP contribution in [0.25, 0.3) is 0 Å². The number of benzene rings is 1. The Hall–Kier alpha value is -1.41. The van der Waals surface area contributed by atoms with Crippen molar-refractivity contribution in [3.8, 4) is 0 Å². The number of nitrogens with one attached hydrogen (secondary N) is 1. The summed E-state index contributed by atoms with van der Waals surface area (Å²) in [5.74, 6) is -0.411. The van der Waals surface area contributed by atoms with Crippen molar-refractivity contribution in [3.63, 3.8) is 0 Å². The molecular formula is C16H19BrClN3O2S. The molecule has 0 bridgehead atoms. The highest BCUT2D eigenvalue weighted by Crippen LogP contribution is 2.22. The summed E-state index contributed by atoms with van der Waals surface area (Å²) in [6.45, 7) is 0.325. The monoisotopic (exact) mass is 431 g/mol. The molecule has 24 heavy (non-hydrogen) atoms. The molecule has 0 saturated heterocycles. The Balaban J connectivity index is 0.00000288. The molecule has 1 aromatic heterocycles. The van der Waals surface area contributed by atoms with Crippen LogP contribution in [0, 0.1) is 0 Å². The third kappa shape index (κ3) is 5.90. The van der Waals surface area contributed by atoms with Crippen molar-refractivity contribution in [1.29, 1.82) is 0 Å². The third-order valence-corrected chi connectivity index (χ3v) is 4.87. The van der Waals surface area contributed by atoms with Gasteiger partial charge in [0, 0.05) is 19.6 Å². The van der Waals surface area contributed by atoms with Crippen LogP contribution in [0.2, 0.25) is 0 Å². The van der Waals surface area contributed by atoms with E-state index in [4.69, 9.17) is 5.73 Å². The molecule has 2 aromatic rings. The summed E-state index contributed by atoms with van der Waals surface area (Å²) < 4.78 is 0.882. The van der Waals surface area contributed by atoms with Crippen LogP contribution in [-0.2, 0) is 4.79 Å². The molecule has 2 rings (SSSR count). The fraction of sp³-hybridized carbons (Fsp3) is 0.250. The van der Waals surface area contributed by atoms with Gasteiger partial charge in [0.25, 0.3) is 5.91 Å². The molecule has 0 fully saturated rings. The average Bonchev–Trinajstić information content (AvgIpc) is 2.99. The molecule has 5 nitrogen and oxygen atoms in total. The molecule has 0 aliphatic rings. The third-order valence-electron chi connectivity index (χ3n) is 3.26. The summed E-state index contributed by atoms with van der Waals surface area (Å²) in [7, 11) is 1.60. The molecule has 1 aromatic carbocycles. The number of hydrogen-bond acceptors (Lipinski definition) is 4. The first-order valence-corrected chi connectivity index (χ1v) is 8.66. The van der Waals surface area contributed by atoms with Gasteiger partial charge in [0.05, 0.1) is 15.2 Å². The minimum absolute atomic E-state index is 0. The van der Waals surface area contributed by atoms with Crippen molar-refractivity contribution in [2.24, 2.45) is 5.73 Å². The number of likely N-dealkylation sites (N-methyl/N-ethyl adjacent to an activating group) is 1. The van der Waals surface area contributed by atoms with E-state index in [1.54, 1.807) is 13.1 Å². The van der Waals surface area contributed by atoms with Gasteiger partial charge in [-0.2, -0.15) is 0 Å². The average molecular weight is 433 g/mol. The zero-order valence-electron chi connectivity index (χ0n) is 13.1. The van der Waals surface area contributed by atoms with Crippen LogP contribution in [0.1, 0.15) is 21.3 Å². The number of nitrogens with two attached hydrogens (primary N) is 1. The normalized spacial score (nSPS) is 11.3. The topological polar surface area (TPSA) is 75.4 Å². The molecule has 0 aliphatic carbocycles. The van der Waals surface area contributed by atoms with Gasteiger partial charge >= 0.3 is 0 Å². The molecule has 0 aliphatic heterocycles. The number of thiophene rings is 1. The quantitative estimate of drug-likeness (QED) is 0.737. The van der Waals surface area contributed by atoms with E-state index in [1.807, 2.05) is 36.4 Å². The Bertz CT molecular complexity index is 681. The molecule has 2 amide bonds. The highest BCUT2D eigenvalue weighted by Gasteiger charge is 2.17. The lowest BCUT2D eigenvalue weighted by Crippen LogP contribution is -2.40. The van der Waals surface area contributed by atoms with Crippen LogP contribution >= 0.6 is 39.7 Å². The number of halogens is 2. The largest absolute Gasteiger partial charge is 0.353 e. The van der Waals surface area contributed by atoms with Gasteiger partial charge < -0.3 is 16.0 Å². The van der Waals surface area contributed by atoms with Crippen LogP contribution in [-0.4, -0.2) is 36.9 Å². The van der Waals surface area contributed by atoms with Gasteiger partial charge in [0.2, 0.25) is 5.91 Å². The predicted octanol–water partition coefficient (Wildman–Crippen LogP) is 2.82. The predicted molar refractivity (Wildman–Crippen MR) is 103 cm³/mol. The van der Waals surface area contributed by atoms with Crippen molar-refractivity contribution < 1.29 is 9.59 Å². The smallest absolute Gasteiger partial charge is 0.264 e. The number of nitrogens with zero attached hydrogens (tertiary/aromatic N) is 1. The number of rotatable bonds is 6. The second kappa shape index (κ2) is 9.78. The van der Waals surface area contributed by atoms with Gasteiger partial charge in [0.1, 0.15) is 0 Å². The fourth-order valence-corrected chi connectivity index (χ4v) is 3.38. The van der Waals surface area contributed by atoms with Crippen molar-refractivity contribution in [1.82, 2.24) is 10.2 Å². The van der Waals surface area contributed by atoms with Gasteiger partial charge in [-0.15, -0.1) is 23.7 Å². The molecule has 1 unspecified atom stereocenters. The Morgan fingerprint density at radius 2 is 1.92 bits per heavy atom. The van der Waals surface area contributed by atoms with Crippen LogP contribution in [0.5, 0.6) is 0 Å². The second-order valence-electron chi connectivity index (χ2n) is 5.09. The zero-order valence-corrected chi connectivity index (χ0v) is 16.3. The number of amides is 2.